The van der Waals surface area contributed by atoms with Crippen LogP contribution in [0.3, 0.4) is 0 Å². The van der Waals surface area contributed by atoms with Gasteiger partial charge in [-0.15, -0.1) is 0 Å². The van der Waals surface area contributed by atoms with Crippen LogP contribution in [0.15, 0.2) is 52.0 Å². The van der Waals surface area contributed by atoms with Gasteiger partial charge in [0.1, 0.15) is 0 Å². The second-order valence-electron chi connectivity index (χ2n) is 6.54. The summed E-state index contributed by atoms with van der Waals surface area (Å²) < 4.78 is 7.59. The first-order chi connectivity index (χ1) is 13.9. The van der Waals surface area contributed by atoms with Gasteiger partial charge < -0.3 is 9.84 Å². The van der Waals surface area contributed by atoms with Crippen molar-refractivity contribution in [1.29, 1.82) is 0 Å². The lowest BCUT2D eigenvalue weighted by Crippen LogP contribution is -2.17. The number of halogens is 1. The number of hydrazone groups is 1. The van der Waals surface area contributed by atoms with Crippen molar-refractivity contribution in [1.82, 2.24) is 15.2 Å². The Morgan fingerprint density at radius 1 is 1.28 bits per heavy atom. The number of hydrogen-bond donors (Lipinski definition) is 2. The van der Waals surface area contributed by atoms with Gasteiger partial charge in [-0.2, -0.15) is 10.2 Å². The number of nitrogens with zero attached hydrogens (tertiary/aromatic N) is 3. The van der Waals surface area contributed by atoms with Crippen LogP contribution in [0.4, 0.5) is 0 Å². The standard InChI is InChI=1S/C21H21BrN4O3/c1-13-8-14(2)26(25-13)12-15-4-6-17(7-5-15)21(28)24-23-11-16-9-18(22)20(29-3)19(27)10-16/h4-11,27H,12H2,1-3H3,(H,24,28). The van der Waals surface area contributed by atoms with E-state index in [0.29, 0.717) is 27.9 Å². The summed E-state index contributed by atoms with van der Waals surface area (Å²) in [5.41, 5.74) is 6.71. The van der Waals surface area contributed by atoms with Gasteiger partial charge in [0.15, 0.2) is 11.5 Å². The lowest BCUT2D eigenvalue weighted by molar-refractivity contribution is 0.0955. The average Bonchev–Trinajstić information content (AvgIpc) is 2.99. The van der Waals surface area contributed by atoms with E-state index in [-0.39, 0.29) is 11.7 Å². The van der Waals surface area contributed by atoms with Crippen LogP contribution in [0.1, 0.15) is 32.9 Å². The summed E-state index contributed by atoms with van der Waals surface area (Å²) in [4.78, 5) is 12.3. The first-order valence-electron chi connectivity index (χ1n) is 8.87. The van der Waals surface area contributed by atoms with Crippen molar-refractivity contribution in [2.45, 2.75) is 20.4 Å². The third-order valence-electron chi connectivity index (χ3n) is 4.28. The molecule has 0 aliphatic carbocycles. The molecule has 0 fully saturated rings. The number of amides is 1. The first kappa shape index (κ1) is 20.6. The monoisotopic (exact) mass is 456 g/mol. The molecule has 0 radical (unpaired) electrons. The van der Waals surface area contributed by atoms with Crippen LogP contribution in [-0.4, -0.2) is 34.1 Å². The van der Waals surface area contributed by atoms with Crippen LogP contribution in [0.2, 0.25) is 0 Å². The molecule has 150 valence electrons. The second-order valence-corrected chi connectivity index (χ2v) is 7.39. The third kappa shape index (κ3) is 5.03. The molecule has 0 unspecified atom stereocenters. The quantitative estimate of drug-likeness (QED) is 0.436. The highest BCUT2D eigenvalue weighted by atomic mass is 79.9. The van der Waals surface area contributed by atoms with Crippen molar-refractivity contribution in [3.63, 3.8) is 0 Å². The third-order valence-corrected chi connectivity index (χ3v) is 4.87. The topological polar surface area (TPSA) is 88.7 Å². The van der Waals surface area contributed by atoms with Crippen LogP contribution in [0.5, 0.6) is 11.5 Å². The Morgan fingerprint density at radius 2 is 2.00 bits per heavy atom. The highest BCUT2D eigenvalue weighted by Gasteiger charge is 2.09. The maximum Gasteiger partial charge on any atom is 0.271 e. The van der Waals surface area contributed by atoms with Crippen LogP contribution < -0.4 is 10.2 Å². The van der Waals surface area contributed by atoms with E-state index in [4.69, 9.17) is 4.74 Å². The number of nitrogens with one attached hydrogen (secondary N) is 1. The number of aryl methyl sites for hydroxylation is 2. The molecule has 0 saturated carbocycles. The average molecular weight is 457 g/mol. The number of methoxy groups -OCH3 is 1. The fraction of sp³-hybridized carbons (Fsp3) is 0.190. The number of phenols is 1. The zero-order chi connectivity index (χ0) is 21.0. The van der Waals surface area contributed by atoms with Crippen LogP contribution in [0, 0.1) is 13.8 Å². The molecular formula is C21H21BrN4O3. The molecule has 1 aromatic heterocycles. The maximum atomic E-state index is 12.3. The zero-order valence-electron chi connectivity index (χ0n) is 16.3. The van der Waals surface area contributed by atoms with Gasteiger partial charge in [-0.3, -0.25) is 9.48 Å². The molecule has 2 aromatic carbocycles. The van der Waals surface area contributed by atoms with Gasteiger partial charge >= 0.3 is 0 Å². The molecule has 0 atom stereocenters. The van der Waals surface area contributed by atoms with Crippen molar-refractivity contribution >= 4 is 28.1 Å². The van der Waals surface area contributed by atoms with E-state index in [9.17, 15) is 9.90 Å². The number of carbonyl (C=O) groups is 1. The second kappa shape index (κ2) is 8.91. The molecule has 1 heterocycles. The van der Waals surface area contributed by atoms with Gasteiger partial charge in [-0.1, -0.05) is 12.1 Å². The first-order valence-corrected chi connectivity index (χ1v) is 9.66. The summed E-state index contributed by atoms with van der Waals surface area (Å²) in [5.74, 6) is -0.00434. The van der Waals surface area contributed by atoms with Gasteiger partial charge in [-0.25, -0.2) is 5.43 Å². The summed E-state index contributed by atoms with van der Waals surface area (Å²) in [5, 5.41) is 18.3. The molecule has 1 amide bonds. The molecular weight excluding hydrogens is 436 g/mol. The molecule has 7 nitrogen and oxygen atoms in total. The van der Waals surface area contributed by atoms with Gasteiger partial charge in [-0.05, 0) is 71.2 Å². The molecule has 2 N–H and O–H groups in total. The fourth-order valence-electron chi connectivity index (χ4n) is 2.88. The Kier molecular flexibility index (Phi) is 6.33. The number of hydrogen-bond acceptors (Lipinski definition) is 5. The molecule has 0 bridgehead atoms. The molecule has 0 spiro atoms. The van der Waals surface area contributed by atoms with Crippen molar-refractivity contribution in [2.75, 3.05) is 7.11 Å². The van der Waals surface area contributed by atoms with Crippen molar-refractivity contribution in [3.05, 3.63) is 75.0 Å². The number of benzene rings is 2. The summed E-state index contributed by atoms with van der Waals surface area (Å²) in [7, 11) is 1.47. The molecule has 3 rings (SSSR count). The van der Waals surface area contributed by atoms with Gasteiger partial charge in [0.25, 0.3) is 5.91 Å². The zero-order valence-corrected chi connectivity index (χ0v) is 17.9. The van der Waals surface area contributed by atoms with E-state index in [1.165, 1.54) is 19.4 Å². The number of ether oxygens (including phenoxy) is 1. The number of carbonyl (C=O) groups excluding carboxylic acids is 1. The number of rotatable bonds is 6. The highest BCUT2D eigenvalue weighted by molar-refractivity contribution is 9.10. The fourth-order valence-corrected chi connectivity index (χ4v) is 3.50. The van der Waals surface area contributed by atoms with E-state index in [0.717, 1.165) is 17.0 Å². The van der Waals surface area contributed by atoms with E-state index >= 15 is 0 Å². The van der Waals surface area contributed by atoms with Crippen molar-refractivity contribution in [3.8, 4) is 11.5 Å². The summed E-state index contributed by atoms with van der Waals surface area (Å²) >= 11 is 3.31. The summed E-state index contributed by atoms with van der Waals surface area (Å²) in [6.07, 6.45) is 1.44. The van der Waals surface area contributed by atoms with Crippen LogP contribution in [-0.2, 0) is 6.54 Å². The predicted molar refractivity (Wildman–Crippen MR) is 115 cm³/mol. The maximum absolute atomic E-state index is 12.3. The van der Waals surface area contributed by atoms with Gasteiger partial charge in [0, 0.05) is 11.3 Å². The Morgan fingerprint density at radius 3 is 2.59 bits per heavy atom. The Bertz CT molecular complexity index is 1040. The predicted octanol–water partition coefficient (Wildman–Crippen LogP) is 3.79. The van der Waals surface area contributed by atoms with Crippen LogP contribution >= 0.6 is 15.9 Å². The Labute approximate surface area is 177 Å². The lowest BCUT2D eigenvalue weighted by atomic mass is 10.1. The summed E-state index contributed by atoms with van der Waals surface area (Å²) in [6.45, 7) is 4.62. The minimum absolute atomic E-state index is 0.0205. The van der Waals surface area contributed by atoms with Crippen molar-refractivity contribution in [2.24, 2.45) is 5.10 Å². The van der Waals surface area contributed by atoms with E-state index in [1.54, 1.807) is 18.2 Å². The SMILES string of the molecule is COc1c(O)cc(C=NNC(=O)c2ccc(Cn3nc(C)cc3C)cc2)cc1Br. The molecule has 29 heavy (non-hydrogen) atoms. The molecule has 8 heteroatoms. The normalized spacial score (nSPS) is 11.0. The minimum Gasteiger partial charge on any atom is -0.504 e. The molecule has 3 aromatic rings. The van der Waals surface area contributed by atoms with E-state index in [1.807, 2.05) is 36.7 Å². The van der Waals surface area contributed by atoms with Gasteiger partial charge in [0.05, 0.1) is 30.0 Å². The molecule has 0 saturated heterocycles. The number of aromatic nitrogens is 2. The molecule has 0 aliphatic heterocycles. The van der Waals surface area contributed by atoms with E-state index < -0.39 is 0 Å². The molecule has 0 aliphatic rings. The summed E-state index contributed by atoms with van der Waals surface area (Å²) in [6, 6.07) is 12.5. The number of phenolic OH excluding ortho intramolecular Hbond substituents is 1. The van der Waals surface area contributed by atoms with E-state index in [2.05, 4.69) is 31.6 Å². The Hall–Kier alpha value is -3.13. The van der Waals surface area contributed by atoms with Crippen LogP contribution in [0.25, 0.3) is 0 Å². The highest BCUT2D eigenvalue weighted by Crippen LogP contribution is 2.34. The smallest absolute Gasteiger partial charge is 0.271 e. The lowest BCUT2D eigenvalue weighted by Gasteiger charge is -2.07. The van der Waals surface area contributed by atoms with Gasteiger partial charge in [0.2, 0.25) is 0 Å². The largest absolute Gasteiger partial charge is 0.504 e. The number of aromatic hydroxyl groups is 1. The minimum atomic E-state index is -0.323. The van der Waals surface area contributed by atoms with Crippen molar-refractivity contribution < 1.29 is 14.6 Å². The Balaban J connectivity index is 1.62.